The Labute approximate surface area is 95.0 Å². The molecule has 7 nitrogen and oxygen atoms in total. The van der Waals surface area contributed by atoms with Crippen LogP contribution in [0.5, 0.6) is 0 Å². The summed E-state index contributed by atoms with van der Waals surface area (Å²) in [4.78, 5) is 34.9. The predicted octanol–water partition coefficient (Wildman–Crippen LogP) is 0.553. The van der Waals surface area contributed by atoms with Crippen LogP contribution >= 0.6 is 31.1 Å². The van der Waals surface area contributed by atoms with Crippen molar-refractivity contribution in [2.45, 2.75) is 24.3 Å². The van der Waals surface area contributed by atoms with Gasteiger partial charge in [-0.1, -0.05) is 15.9 Å². The minimum Gasteiger partial charge on any atom is -0.368 e. The third kappa shape index (κ3) is 3.91. The minimum absolute atomic E-state index is 0.0952. The molecule has 0 fully saturated rings. The molecule has 10 heteroatoms. The highest BCUT2D eigenvalue weighted by Crippen LogP contribution is 2.69. The van der Waals surface area contributed by atoms with E-state index in [2.05, 4.69) is 15.9 Å². The van der Waals surface area contributed by atoms with Crippen molar-refractivity contribution < 1.29 is 33.8 Å². The Morgan fingerprint density at radius 2 is 1.40 bits per heavy atom. The van der Waals surface area contributed by atoms with E-state index in [0.29, 0.717) is 11.8 Å². The SMILES string of the molecule is O=P(O)(O)C(O)(CCCCBr)P(=O)(O)O. The lowest BCUT2D eigenvalue weighted by Crippen LogP contribution is -2.28. The molecule has 0 aromatic carbocycles. The van der Waals surface area contributed by atoms with Crippen molar-refractivity contribution in [3.8, 4) is 0 Å². The van der Waals surface area contributed by atoms with E-state index in [1.165, 1.54) is 0 Å². The highest BCUT2D eigenvalue weighted by molar-refractivity contribution is 9.09. The van der Waals surface area contributed by atoms with E-state index >= 15 is 0 Å². The second-order valence-electron chi connectivity index (χ2n) is 3.01. The summed E-state index contributed by atoms with van der Waals surface area (Å²) in [5, 5.41) is 6.63. The summed E-state index contributed by atoms with van der Waals surface area (Å²) < 4.78 is 21.7. The van der Waals surface area contributed by atoms with Crippen LogP contribution in [0.3, 0.4) is 0 Å². The van der Waals surface area contributed by atoms with E-state index in [1.54, 1.807) is 0 Å². The van der Waals surface area contributed by atoms with Gasteiger partial charge in [0.15, 0.2) is 0 Å². The van der Waals surface area contributed by atoms with Gasteiger partial charge in [-0.05, 0) is 19.3 Å². The van der Waals surface area contributed by atoms with Crippen molar-refractivity contribution in [1.82, 2.24) is 0 Å². The lowest BCUT2D eigenvalue weighted by Gasteiger charge is -2.29. The highest BCUT2D eigenvalue weighted by atomic mass is 79.9. The Morgan fingerprint density at radius 1 is 1.00 bits per heavy atom. The summed E-state index contributed by atoms with van der Waals surface area (Å²) in [6, 6.07) is 0. The Kier molecular flexibility index (Phi) is 5.65. The molecule has 0 bridgehead atoms. The van der Waals surface area contributed by atoms with Gasteiger partial charge < -0.3 is 24.7 Å². The Morgan fingerprint density at radius 3 is 1.67 bits per heavy atom. The molecule has 15 heavy (non-hydrogen) atoms. The molecule has 0 rings (SSSR count). The summed E-state index contributed by atoms with van der Waals surface area (Å²) in [6.07, 6.45) is -0.104. The van der Waals surface area contributed by atoms with Crippen LogP contribution in [-0.2, 0) is 9.13 Å². The predicted molar refractivity (Wildman–Crippen MR) is 56.7 cm³/mol. The number of hydrogen-bond acceptors (Lipinski definition) is 3. The average Bonchev–Trinajstić information content (AvgIpc) is 2.00. The molecule has 0 aliphatic rings. The van der Waals surface area contributed by atoms with Gasteiger partial charge in [-0.15, -0.1) is 0 Å². The normalized spacial score (nSPS) is 14.3. The van der Waals surface area contributed by atoms with Gasteiger partial charge in [-0.25, -0.2) is 0 Å². The summed E-state index contributed by atoms with van der Waals surface area (Å²) in [5.41, 5.74) is 0. The zero-order valence-electron chi connectivity index (χ0n) is 7.65. The Balaban J connectivity index is 4.91. The lowest BCUT2D eigenvalue weighted by atomic mass is 10.3. The highest BCUT2D eigenvalue weighted by Gasteiger charge is 2.58. The van der Waals surface area contributed by atoms with Crippen molar-refractivity contribution in [1.29, 1.82) is 0 Å². The fourth-order valence-corrected chi connectivity index (χ4v) is 3.57. The van der Waals surface area contributed by atoms with Crippen molar-refractivity contribution in [3.63, 3.8) is 0 Å². The zero-order valence-corrected chi connectivity index (χ0v) is 11.0. The van der Waals surface area contributed by atoms with Crippen LogP contribution in [0, 0.1) is 0 Å². The molecule has 0 radical (unpaired) electrons. The minimum atomic E-state index is -5.27. The molecule has 0 aliphatic heterocycles. The van der Waals surface area contributed by atoms with Crippen LogP contribution in [-0.4, -0.2) is 35.1 Å². The molecule has 0 unspecified atom stereocenters. The summed E-state index contributed by atoms with van der Waals surface area (Å²) in [5.74, 6) is 0. The Hall–Kier alpha value is 0.740. The maximum absolute atomic E-state index is 10.8. The molecule has 0 heterocycles. The van der Waals surface area contributed by atoms with Crippen molar-refractivity contribution in [2.24, 2.45) is 0 Å². The van der Waals surface area contributed by atoms with Crippen molar-refractivity contribution in [2.75, 3.05) is 5.33 Å². The summed E-state index contributed by atoms with van der Waals surface area (Å²) in [7, 11) is -10.5. The monoisotopic (exact) mass is 326 g/mol. The average molecular weight is 327 g/mol. The van der Waals surface area contributed by atoms with E-state index in [-0.39, 0.29) is 6.42 Å². The second kappa shape index (κ2) is 5.38. The van der Waals surface area contributed by atoms with Gasteiger partial charge in [-0.3, -0.25) is 9.13 Å². The van der Waals surface area contributed by atoms with Gasteiger partial charge >= 0.3 is 15.2 Å². The molecule has 0 aliphatic carbocycles. The van der Waals surface area contributed by atoms with Crippen LogP contribution in [0.4, 0.5) is 0 Å². The van der Waals surface area contributed by atoms with Gasteiger partial charge in [0.1, 0.15) is 0 Å². The lowest BCUT2D eigenvalue weighted by molar-refractivity contribution is 0.121. The quantitative estimate of drug-likeness (QED) is 0.273. The standard InChI is InChI=1S/C5H13BrO7P2/c6-4-2-1-3-5(7,14(8,9)10)15(11,12)13/h7H,1-4H2,(H2,8,9,10)(H2,11,12,13). The van der Waals surface area contributed by atoms with E-state index in [4.69, 9.17) is 19.6 Å². The largest absolute Gasteiger partial charge is 0.369 e. The number of unbranched alkanes of at least 4 members (excludes halogenated alkanes) is 1. The van der Waals surface area contributed by atoms with Gasteiger partial charge in [0.05, 0.1) is 0 Å². The molecule has 0 saturated heterocycles. The smallest absolute Gasteiger partial charge is 0.368 e. The fraction of sp³-hybridized carbons (Fsp3) is 1.00. The van der Waals surface area contributed by atoms with Crippen LogP contribution in [0.1, 0.15) is 19.3 Å². The number of hydrogen-bond donors (Lipinski definition) is 5. The summed E-state index contributed by atoms with van der Waals surface area (Å²) >= 11 is 3.05. The van der Waals surface area contributed by atoms with Gasteiger partial charge in [0.2, 0.25) is 0 Å². The molecule has 0 spiro atoms. The van der Waals surface area contributed by atoms with Crippen LogP contribution in [0.2, 0.25) is 0 Å². The Bertz CT molecular complexity index is 272. The zero-order chi connectivity index (χ0) is 12.3. The second-order valence-corrected chi connectivity index (χ2v) is 7.81. The van der Waals surface area contributed by atoms with Gasteiger partial charge in [-0.2, -0.15) is 0 Å². The first kappa shape index (κ1) is 15.7. The molecule has 0 aromatic rings. The maximum atomic E-state index is 10.8. The van der Waals surface area contributed by atoms with Gasteiger partial charge in [0, 0.05) is 5.33 Å². The molecule has 0 atom stereocenters. The van der Waals surface area contributed by atoms with Crippen LogP contribution in [0.25, 0.3) is 0 Å². The van der Waals surface area contributed by atoms with E-state index in [9.17, 15) is 14.2 Å². The molecule has 0 amide bonds. The molecule has 5 N–H and O–H groups in total. The van der Waals surface area contributed by atoms with E-state index in [0.717, 1.165) is 0 Å². The molecule has 0 aromatic heterocycles. The van der Waals surface area contributed by atoms with Crippen molar-refractivity contribution in [3.05, 3.63) is 0 Å². The van der Waals surface area contributed by atoms with Crippen LogP contribution < -0.4 is 0 Å². The fourth-order valence-electron chi connectivity index (χ4n) is 0.918. The van der Waals surface area contributed by atoms with E-state index < -0.39 is 26.7 Å². The molecular weight excluding hydrogens is 314 g/mol. The number of rotatable bonds is 6. The number of aliphatic hydroxyl groups is 1. The molecular formula is C5H13BrO7P2. The number of alkyl halides is 1. The van der Waals surface area contributed by atoms with E-state index in [1.807, 2.05) is 0 Å². The molecule has 92 valence electrons. The topological polar surface area (TPSA) is 135 Å². The van der Waals surface area contributed by atoms with Crippen LogP contribution in [0.15, 0.2) is 0 Å². The third-order valence-electron chi connectivity index (χ3n) is 1.83. The first-order valence-corrected chi connectivity index (χ1v) is 8.30. The number of halogens is 1. The molecule has 0 saturated carbocycles. The van der Waals surface area contributed by atoms with Crippen molar-refractivity contribution >= 4 is 31.1 Å². The third-order valence-corrected chi connectivity index (χ3v) is 6.27. The maximum Gasteiger partial charge on any atom is 0.369 e. The first-order valence-electron chi connectivity index (χ1n) is 3.96. The summed E-state index contributed by atoms with van der Waals surface area (Å²) in [6.45, 7) is 0. The first-order chi connectivity index (χ1) is 6.56. The van der Waals surface area contributed by atoms with Gasteiger partial charge in [0.25, 0.3) is 5.08 Å².